The number of rotatable bonds is 20. The molecule has 0 bridgehead atoms. The fourth-order valence-corrected chi connectivity index (χ4v) is 3.16. The van der Waals surface area contributed by atoms with Crippen LogP contribution in [0.15, 0.2) is 12.2 Å². The number of aliphatic carboxylic acids is 1. The molecule has 4 nitrogen and oxygen atoms in total. The van der Waals surface area contributed by atoms with Gasteiger partial charge < -0.3 is 15.5 Å². The van der Waals surface area contributed by atoms with Crippen molar-refractivity contribution in [2.24, 2.45) is 5.92 Å². The van der Waals surface area contributed by atoms with E-state index < -0.39 is 5.97 Å². The van der Waals surface area contributed by atoms with Crippen LogP contribution < -0.4 is 5.32 Å². The number of allylic oxidation sites excluding steroid dienone is 2. The third kappa shape index (κ3) is 17.9. The molecule has 0 rings (SSSR count). The molecule has 0 heterocycles. The van der Waals surface area contributed by atoms with Crippen LogP contribution in [0.4, 0.5) is 0 Å². The Hall–Kier alpha value is -0.870. The zero-order chi connectivity index (χ0) is 19.3. The lowest BCUT2D eigenvalue weighted by Gasteiger charge is -2.12. The van der Waals surface area contributed by atoms with E-state index in [0.717, 1.165) is 25.7 Å². The molecular formula is C22H43NO3. The van der Waals surface area contributed by atoms with Crippen LogP contribution in [0.1, 0.15) is 96.8 Å². The topological polar surface area (TPSA) is 69.6 Å². The number of carbonyl (C=O) groups is 1. The largest absolute Gasteiger partial charge is 0.481 e. The van der Waals surface area contributed by atoms with Crippen molar-refractivity contribution in [3.63, 3.8) is 0 Å². The maximum Gasteiger partial charge on any atom is 0.306 e. The molecule has 0 radical (unpaired) electrons. The molecule has 3 N–H and O–H groups in total. The van der Waals surface area contributed by atoms with Gasteiger partial charge in [0.2, 0.25) is 0 Å². The minimum Gasteiger partial charge on any atom is -0.481 e. The Morgan fingerprint density at radius 2 is 1.42 bits per heavy atom. The zero-order valence-electron chi connectivity index (χ0n) is 17.1. The van der Waals surface area contributed by atoms with Crippen LogP contribution in [0, 0.1) is 5.92 Å². The summed E-state index contributed by atoms with van der Waals surface area (Å²) in [4.78, 5) is 11.2. The summed E-state index contributed by atoms with van der Waals surface area (Å²) in [5.74, 6) is -0.938. The minimum atomic E-state index is -0.687. The lowest BCUT2D eigenvalue weighted by molar-refractivity contribution is -0.142. The van der Waals surface area contributed by atoms with Gasteiger partial charge in [0.1, 0.15) is 0 Å². The number of carboxylic acid groups (broad SMARTS) is 1. The number of hydrogen-bond donors (Lipinski definition) is 3. The molecule has 0 aromatic carbocycles. The van der Waals surface area contributed by atoms with E-state index in [1.54, 1.807) is 0 Å². The van der Waals surface area contributed by atoms with Gasteiger partial charge in [0.05, 0.1) is 12.5 Å². The van der Waals surface area contributed by atoms with Crippen molar-refractivity contribution in [2.75, 3.05) is 19.7 Å². The highest BCUT2D eigenvalue weighted by Crippen LogP contribution is 2.15. The van der Waals surface area contributed by atoms with Gasteiger partial charge in [-0.25, -0.2) is 0 Å². The molecule has 0 aromatic rings. The van der Waals surface area contributed by atoms with Crippen molar-refractivity contribution in [2.45, 2.75) is 96.8 Å². The van der Waals surface area contributed by atoms with Gasteiger partial charge in [0.25, 0.3) is 0 Å². The highest BCUT2D eigenvalue weighted by molar-refractivity contribution is 5.69. The molecule has 0 aromatic heterocycles. The smallest absolute Gasteiger partial charge is 0.306 e. The quantitative estimate of drug-likeness (QED) is 0.201. The summed E-state index contributed by atoms with van der Waals surface area (Å²) in [5.41, 5.74) is 0. The van der Waals surface area contributed by atoms with Crippen LogP contribution in [0.3, 0.4) is 0 Å². The van der Waals surface area contributed by atoms with E-state index in [1.807, 2.05) is 0 Å². The molecule has 0 aliphatic carbocycles. The summed E-state index contributed by atoms with van der Waals surface area (Å²) in [7, 11) is 0. The van der Waals surface area contributed by atoms with Crippen molar-refractivity contribution in [3.05, 3.63) is 12.2 Å². The van der Waals surface area contributed by atoms with Crippen LogP contribution in [-0.4, -0.2) is 35.9 Å². The summed E-state index contributed by atoms with van der Waals surface area (Å²) in [5, 5.41) is 21.0. The second kappa shape index (κ2) is 20.4. The number of unbranched alkanes of at least 4 members (excludes halogenated alkanes) is 10. The SMILES string of the molecule is CCCCCCCC/C=C\CCCCCCC(CCNCCO)C(=O)O. The van der Waals surface area contributed by atoms with E-state index in [4.69, 9.17) is 5.11 Å². The van der Waals surface area contributed by atoms with Gasteiger partial charge in [0.15, 0.2) is 0 Å². The Labute approximate surface area is 161 Å². The second-order valence-electron chi connectivity index (χ2n) is 7.32. The predicted octanol–water partition coefficient (Wildman–Crippen LogP) is 5.31. The number of aliphatic hydroxyl groups excluding tert-OH is 1. The van der Waals surface area contributed by atoms with E-state index in [-0.39, 0.29) is 12.5 Å². The Kier molecular flexibility index (Phi) is 19.8. The first-order valence-electron chi connectivity index (χ1n) is 10.9. The van der Waals surface area contributed by atoms with Crippen LogP contribution >= 0.6 is 0 Å². The van der Waals surface area contributed by atoms with E-state index in [0.29, 0.717) is 19.5 Å². The lowest BCUT2D eigenvalue weighted by Crippen LogP contribution is -2.24. The minimum absolute atomic E-state index is 0.102. The summed E-state index contributed by atoms with van der Waals surface area (Å²) in [6.07, 6.45) is 21.1. The van der Waals surface area contributed by atoms with Crippen LogP contribution in [0.25, 0.3) is 0 Å². The van der Waals surface area contributed by atoms with Crippen molar-refractivity contribution in [3.8, 4) is 0 Å². The Morgan fingerprint density at radius 1 is 0.846 bits per heavy atom. The van der Waals surface area contributed by atoms with Gasteiger partial charge in [0, 0.05) is 6.54 Å². The molecule has 1 unspecified atom stereocenters. The van der Waals surface area contributed by atoms with Crippen molar-refractivity contribution >= 4 is 5.97 Å². The van der Waals surface area contributed by atoms with E-state index in [2.05, 4.69) is 24.4 Å². The van der Waals surface area contributed by atoms with Gasteiger partial charge >= 0.3 is 5.97 Å². The van der Waals surface area contributed by atoms with Gasteiger partial charge in [-0.3, -0.25) is 4.79 Å². The first kappa shape index (κ1) is 25.1. The van der Waals surface area contributed by atoms with Crippen molar-refractivity contribution in [1.82, 2.24) is 5.32 Å². The van der Waals surface area contributed by atoms with Crippen molar-refractivity contribution < 1.29 is 15.0 Å². The molecule has 0 fully saturated rings. The fraction of sp³-hybridized carbons (Fsp3) is 0.864. The second-order valence-corrected chi connectivity index (χ2v) is 7.32. The van der Waals surface area contributed by atoms with Crippen LogP contribution in [-0.2, 0) is 4.79 Å². The zero-order valence-corrected chi connectivity index (χ0v) is 17.1. The molecule has 0 aliphatic rings. The molecule has 26 heavy (non-hydrogen) atoms. The summed E-state index contributed by atoms with van der Waals surface area (Å²) < 4.78 is 0. The maximum atomic E-state index is 11.2. The summed E-state index contributed by atoms with van der Waals surface area (Å²) >= 11 is 0. The number of carboxylic acids is 1. The Morgan fingerprint density at radius 3 is 2.00 bits per heavy atom. The monoisotopic (exact) mass is 369 g/mol. The van der Waals surface area contributed by atoms with Gasteiger partial charge in [-0.1, -0.05) is 70.4 Å². The molecule has 1 atom stereocenters. The van der Waals surface area contributed by atoms with Crippen LogP contribution in [0.5, 0.6) is 0 Å². The maximum absolute atomic E-state index is 11.2. The predicted molar refractivity (Wildman–Crippen MR) is 111 cm³/mol. The standard InChI is InChI=1S/C22H43NO3/c1-2-3-4-5-6-7-8-9-10-11-12-13-14-15-16-21(22(25)26)17-18-23-19-20-24/h9-10,21,23-24H,2-8,11-20H2,1H3,(H,25,26)/b10-9-. The molecule has 0 saturated carbocycles. The number of hydrogen-bond acceptors (Lipinski definition) is 3. The molecule has 0 spiro atoms. The molecular weight excluding hydrogens is 326 g/mol. The first-order chi connectivity index (χ1) is 12.7. The highest BCUT2D eigenvalue weighted by atomic mass is 16.4. The van der Waals surface area contributed by atoms with Crippen LogP contribution in [0.2, 0.25) is 0 Å². The highest BCUT2D eigenvalue weighted by Gasteiger charge is 2.15. The number of nitrogens with one attached hydrogen (secondary N) is 1. The van der Waals surface area contributed by atoms with E-state index in [9.17, 15) is 9.90 Å². The number of aliphatic hydroxyl groups is 1. The third-order valence-corrected chi connectivity index (χ3v) is 4.87. The Balaban J connectivity index is 3.44. The first-order valence-corrected chi connectivity index (χ1v) is 10.9. The van der Waals surface area contributed by atoms with Crippen molar-refractivity contribution in [1.29, 1.82) is 0 Å². The lowest BCUT2D eigenvalue weighted by atomic mass is 9.97. The molecule has 0 amide bonds. The summed E-state index contributed by atoms with van der Waals surface area (Å²) in [6, 6.07) is 0. The van der Waals surface area contributed by atoms with Gasteiger partial charge in [-0.15, -0.1) is 0 Å². The fourth-order valence-electron chi connectivity index (χ4n) is 3.16. The van der Waals surface area contributed by atoms with Gasteiger partial charge in [-0.05, 0) is 45.1 Å². The molecule has 0 aliphatic heterocycles. The molecule has 4 heteroatoms. The molecule has 0 saturated heterocycles. The average Bonchev–Trinajstić information content (AvgIpc) is 2.63. The normalized spacial score (nSPS) is 12.7. The third-order valence-electron chi connectivity index (χ3n) is 4.87. The Bertz CT molecular complexity index is 331. The van der Waals surface area contributed by atoms with E-state index in [1.165, 1.54) is 57.8 Å². The van der Waals surface area contributed by atoms with Gasteiger partial charge in [-0.2, -0.15) is 0 Å². The molecule has 154 valence electrons. The summed E-state index contributed by atoms with van der Waals surface area (Å²) in [6.45, 7) is 3.57. The average molecular weight is 370 g/mol. The van der Waals surface area contributed by atoms with E-state index >= 15 is 0 Å².